The Morgan fingerprint density at radius 2 is 1.88 bits per heavy atom. The van der Waals surface area contributed by atoms with E-state index in [0.717, 1.165) is 16.7 Å². The first-order chi connectivity index (χ1) is 7.85. The van der Waals surface area contributed by atoms with Crippen LogP contribution in [0.25, 0.3) is 10.9 Å². The third-order valence-electron chi connectivity index (χ3n) is 2.32. The van der Waals surface area contributed by atoms with Gasteiger partial charge in [-0.05, 0) is 12.1 Å². The van der Waals surface area contributed by atoms with Crippen molar-refractivity contribution >= 4 is 17.8 Å². The van der Waals surface area contributed by atoms with Crippen LogP contribution in [0.3, 0.4) is 0 Å². The topological polar surface area (TPSA) is 22.1 Å². The van der Waals surface area contributed by atoms with E-state index >= 15 is 0 Å². The van der Waals surface area contributed by atoms with Crippen LogP contribution in [0.5, 0.6) is 5.75 Å². The average Bonchev–Trinajstić information content (AvgIpc) is 2.36. The molecule has 0 radical (unpaired) electrons. The highest BCUT2D eigenvalue weighted by molar-refractivity contribution is 6.63. The van der Waals surface area contributed by atoms with Gasteiger partial charge in [-0.2, -0.15) is 0 Å². The summed E-state index contributed by atoms with van der Waals surface area (Å²) in [5.74, 6) is 4.16. The third-order valence-corrected chi connectivity index (χ3v) is 2.32. The minimum atomic E-state index is -0.187. The van der Waals surface area contributed by atoms with Crippen LogP contribution in [-0.2, 0) is 0 Å². The maximum absolute atomic E-state index is 5.73. The molecule has 1 aromatic heterocycles. The Morgan fingerprint density at radius 3 is 2.62 bits per heavy atom. The maximum atomic E-state index is 5.73. The molecule has 0 unspecified atom stereocenters. The molecular weight excluding hydrogens is 197 g/mol. The van der Waals surface area contributed by atoms with E-state index in [1.165, 1.54) is 0 Å². The predicted octanol–water partition coefficient (Wildman–Crippen LogP) is 3.06. The van der Waals surface area contributed by atoms with E-state index < -0.39 is 0 Å². The van der Waals surface area contributed by atoms with Gasteiger partial charge in [0, 0.05) is 11.6 Å². The van der Waals surface area contributed by atoms with Gasteiger partial charge in [0.2, 0.25) is 0 Å². The Morgan fingerprint density at radius 1 is 1.12 bits per heavy atom. The molecule has 0 fully saturated rings. The summed E-state index contributed by atoms with van der Waals surface area (Å²) in [5.41, 5.74) is 0.860. The summed E-state index contributed by atoms with van der Waals surface area (Å²) < 4.78 is 5.73. The molecule has 0 amide bonds. The van der Waals surface area contributed by atoms with Crippen molar-refractivity contribution in [3.05, 3.63) is 61.6 Å². The van der Waals surface area contributed by atoms with Crippen LogP contribution in [0, 0.1) is 0 Å². The van der Waals surface area contributed by atoms with Gasteiger partial charge < -0.3 is 4.65 Å². The zero-order valence-electron chi connectivity index (χ0n) is 8.97. The molecule has 0 aliphatic carbocycles. The molecule has 2 nitrogen and oxygen atoms in total. The van der Waals surface area contributed by atoms with Gasteiger partial charge in [-0.3, -0.25) is 4.98 Å². The fraction of sp³-hybridized carbons (Fsp3) is 0. The molecule has 0 saturated carbocycles. The fourth-order valence-corrected chi connectivity index (χ4v) is 1.51. The first-order valence-electron chi connectivity index (χ1n) is 5.10. The summed E-state index contributed by atoms with van der Waals surface area (Å²) >= 11 is 0. The third kappa shape index (κ3) is 1.98. The van der Waals surface area contributed by atoms with Gasteiger partial charge in [-0.15, -0.1) is 13.2 Å². The molecule has 0 aliphatic rings. The molecular formula is C13H12BNO. The van der Waals surface area contributed by atoms with Crippen molar-refractivity contribution in [2.75, 3.05) is 0 Å². The number of nitrogens with zero attached hydrogens (tertiary/aromatic N) is 1. The van der Waals surface area contributed by atoms with E-state index in [2.05, 4.69) is 18.1 Å². The number of fused-ring (bicyclic) bond motifs is 1. The molecule has 1 heterocycles. The SMILES string of the molecule is C=CB(C=C)Oc1cccc2cccnc12. The van der Waals surface area contributed by atoms with Gasteiger partial charge in [0.25, 0.3) is 0 Å². The van der Waals surface area contributed by atoms with E-state index in [1.54, 1.807) is 18.1 Å². The van der Waals surface area contributed by atoms with E-state index in [9.17, 15) is 0 Å². The summed E-state index contributed by atoms with van der Waals surface area (Å²) in [6.45, 7) is 7.20. The smallest absolute Gasteiger partial charge is 0.410 e. The Labute approximate surface area is 95.4 Å². The van der Waals surface area contributed by atoms with E-state index in [0.29, 0.717) is 0 Å². The fourth-order valence-electron chi connectivity index (χ4n) is 1.51. The first-order valence-corrected chi connectivity index (χ1v) is 5.10. The number of rotatable bonds is 4. The minimum absolute atomic E-state index is 0.187. The predicted molar refractivity (Wildman–Crippen MR) is 68.5 cm³/mol. The lowest BCUT2D eigenvalue weighted by molar-refractivity contribution is 0.595. The van der Waals surface area contributed by atoms with Gasteiger partial charge in [-0.1, -0.05) is 30.1 Å². The highest BCUT2D eigenvalue weighted by Crippen LogP contribution is 2.23. The largest absolute Gasteiger partial charge is 0.551 e. The second kappa shape index (κ2) is 4.66. The average molecular weight is 209 g/mol. The van der Waals surface area contributed by atoms with E-state index in [-0.39, 0.29) is 6.92 Å². The number of hydrogen-bond donors (Lipinski definition) is 0. The highest BCUT2D eigenvalue weighted by atomic mass is 16.4. The van der Waals surface area contributed by atoms with Crippen LogP contribution in [0.4, 0.5) is 0 Å². The molecule has 0 bridgehead atoms. The molecule has 16 heavy (non-hydrogen) atoms. The molecule has 0 aliphatic heterocycles. The summed E-state index contributed by atoms with van der Waals surface area (Å²) in [7, 11) is 0. The second-order valence-electron chi connectivity index (χ2n) is 3.39. The molecule has 2 rings (SSSR count). The van der Waals surface area contributed by atoms with Gasteiger partial charge in [0.1, 0.15) is 11.3 Å². The van der Waals surface area contributed by atoms with Crippen LogP contribution in [-0.4, -0.2) is 11.9 Å². The monoisotopic (exact) mass is 209 g/mol. The summed E-state index contributed by atoms with van der Waals surface area (Å²) in [6, 6.07) is 9.76. The van der Waals surface area contributed by atoms with Crippen LogP contribution in [0.2, 0.25) is 0 Å². The lowest BCUT2D eigenvalue weighted by Crippen LogP contribution is -2.16. The first kappa shape index (κ1) is 10.5. The zero-order chi connectivity index (χ0) is 11.4. The highest BCUT2D eigenvalue weighted by Gasteiger charge is 2.10. The molecule has 0 saturated heterocycles. The van der Waals surface area contributed by atoms with Gasteiger partial charge in [0.15, 0.2) is 0 Å². The number of benzene rings is 1. The lowest BCUT2D eigenvalue weighted by Gasteiger charge is -2.10. The van der Waals surface area contributed by atoms with E-state index in [1.807, 2.05) is 30.3 Å². The van der Waals surface area contributed by atoms with Crippen LogP contribution < -0.4 is 4.65 Å². The maximum Gasteiger partial charge on any atom is 0.410 e. The number of aromatic nitrogens is 1. The summed E-state index contributed by atoms with van der Waals surface area (Å²) in [5, 5.41) is 1.06. The van der Waals surface area contributed by atoms with Crippen molar-refractivity contribution < 1.29 is 4.65 Å². The molecule has 1 aromatic carbocycles. The Hall–Kier alpha value is -2.03. The van der Waals surface area contributed by atoms with Gasteiger partial charge in [-0.25, -0.2) is 0 Å². The van der Waals surface area contributed by atoms with Crippen molar-refractivity contribution in [2.24, 2.45) is 0 Å². The summed E-state index contributed by atoms with van der Waals surface area (Å²) in [6.07, 6.45) is 1.76. The molecule has 3 heteroatoms. The second-order valence-corrected chi connectivity index (χ2v) is 3.39. The Balaban J connectivity index is 2.44. The van der Waals surface area contributed by atoms with Crippen molar-refractivity contribution in [1.29, 1.82) is 0 Å². The van der Waals surface area contributed by atoms with Crippen molar-refractivity contribution in [3.8, 4) is 5.75 Å². The van der Waals surface area contributed by atoms with Crippen LogP contribution in [0.1, 0.15) is 0 Å². The zero-order valence-corrected chi connectivity index (χ0v) is 8.97. The number of pyridine rings is 1. The molecule has 78 valence electrons. The minimum Gasteiger partial charge on any atom is -0.551 e. The summed E-state index contributed by atoms with van der Waals surface area (Å²) in [4.78, 5) is 4.31. The normalized spacial score (nSPS) is 9.75. The number of para-hydroxylation sites is 1. The number of hydrogen-bond acceptors (Lipinski definition) is 2. The lowest BCUT2D eigenvalue weighted by atomic mass is 9.69. The van der Waals surface area contributed by atoms with Crippen LogP contribution in [0.15, 0.2) is 61.6 Å². The Bertz CT molecular complexity index is 511. The van der Waals surface area contributed by atoms with Crippen molar-refractivity contribution in [2.45, 2.75) is 0 Å². The van der Waals surface area contributed by atoms with Gasteiger partial charge >= 0.3 is 6.92 Å². The Kier molecular flexibility index (Phi) is 3.06. The van der Waals surface area contributed by atoms with E-state index in [4.69, 9.17) is 4.65 Å². The molecule has 0 atom stereocenters. The van der Waals surface area contributed by atoms with Gasteiger partial charge in [0.05, 0.1) is 0 Å². The van der Waals surface area contributed by atoms with Crippen molar-refractivity contribution in [1.82, 2.24) is 4.98 Å². The molecule has 2 aromatic rings. The van der Waals surface area contributed by atoms with Crippen molar-refractivity contribution in [3.63, 3.8) is 0 Å². The standard InChI is InChI=1S/C13H12BNO/c1-3-14(4-2)16-12-9-5-7-11-8-6-10-15-13(11)12/h3-10H,1-2H2. The molecule has 0 spiro atoms. The quantitative estimate of drug-likeness (QED) is 0.722. The molecule has 0 N–H and O–H groups in total. The van der Waals surface area contributed by atoms with Crippen LogP contribution >= 0.6 is 0 Å².